The lowest BCUT2D eigenvalue weighted by Crippen LogP contribution is -2.28. The van der Waals surface area contributed by atoms with E-state index < -0.39 is 5.41 Å². The largest absolute Gasteiger partial charge is 0.376 e. The number of aromatic amines is 1. The van der Waals surface area contributed by atoms with Crippen molar-refractivity contribution in [3.8, 4) is 0 Å². The van der Waals surface area contributed by atoms with Crippen LogP contribution >= 0.6 is 0 Å². The maximum atomic E-state index is 12.4. The van der Waals surface area contributed by atoms with E-state index in [1.165, 1.54) is 5.56 Å². The second-order valence-corrected chi connectivity index (χ2v) is 7.83. The fourth-order valence-electron chi connectivity index (χ4n) is 2.75. The summed E-state index contributed by atoms with van der Waals surface area (Å²) in [6.07, 6.45) is 0.747. The number of nitrogens with one attached hydrogen (secondary N) is 2. The zero-order chi connectivity index (χ0) is 18.9. The van der Waals surface area contributed by atoms with Crippen LogP contribution in [0.15, 0.2) is 42.5 Å². The fraction of sp³-hybridized carbons (Fsp3) is 0.333. The van der Waals surface area contributed by atoms with Crippen molar-refractivity contribution in [1.82, 2.24) is 9.97 Å². The molecule has 3 aromatic rings. The molecule has 0 unspecified atom stereocenters. The van der Waals surface area contributed by atoms with Gasteiger partial charge in [-0.15, -0.1) is 0 Å². The Balaban J connectivity index is 1.97. The highest BCUT2D eigenvalue weighted by Gasteiger charge is 2.23. The average molecular weight is 350 g/mol. The minimum absolute atomic E-state index is 0.0102. The highest BCUT2D eigenvalue weighted by atomic mass is 16.2. The Kier molecular flexibility index (Phi) is 4.72. The summed E-state index contributed by atoms with van der Waals surface area (Å²) in [7, 11) is 3.93. The summed E-state index contributed by atoms with van der Waals surface area (Å²) in [6, 6.07) is 14.2. The minimum atomic E-state index is -0.453. The van der Waals surface area contributed by atoms with Crippen LogP contribution in [0.25, 0.3) is 11.0 Å². The predicted octanol–water partition coefficient (Wildman–Crippen LogP) is 4.20. The average Bonchev–Trinajstić information content (AvgIpc) is 2.95. The maximum absolute atomic E-state index is 12.4. The first kappa shape index (κ1) is 18.0. The predicted molar refractivity (Wildman–Crippen MR) is 108 cm³/mol. The molecular formula is C21H26N4O. The van der Waals surface area contributed by atoms with Crippen molar-refractivity contribution in [2.45, 2.75) is 27.2 Å². The Morgan fingerprint density at radius 1 is 1.15 bits per heavy atom. The van der Waals surface area contributed by atoms with E-state index in [0.717, 1.165) is 34.7 Å². The van der Waals surface area contributed by atoms with E-state index in [1.54, 1.807) is 0 Å². The van der Waals surface area contributed by atoms with Gasteiger partial charge < -0.3 is 15.2 Å². The van der Waals surface area contributed by atoms with Gasteiger partial charge in [0.1, 0.15) is 5.82 Å². The number of aromatic nitrogens is 2. The van der Waals surface area contributed by atoms with E-state index in [4.69, 9.17) is 4.98 Å². The number of carbonyl (C=O) groups is 1. The smallest absolute Gasteiger partial charge is 0.229 e. The SMILES string of the molecule is CN(C)c1cc2nc(Cc3ccccc3)[nH]c2cc1NC(=O)C(C)(C)C. The Morgan fingerprint density at radius 2 is 1.85 bits per heavy atom. The number of rotatable bonds is 4. The molecule has 5 nitrogen and oxygen atoms in total. The van der Waals surface area contributed by atoms with Gasteiger partial charge in [0, 0.05) is 25.9 Å². The summed E-state index contributed by atoms with van der Waals surface area (Å²) in [6.45, 7) is 5.72. The molecule has 0 bridgehead atoms. The van der Waals surface area contributed by atoms with Crippen LogP contribution in [-0.2, 0) is 11.2 Å². The molecule has 0 saturated carbocycles. The molecule has 0 saturated heterocycles. The first-order valence-corrected chi connectivity index (χ1v) is 8.79. The summed E-state index contributed by atoms with van der Waals surface area (Å²) >= 11 is 0. The van der Waals surface area contributed by atoms with Crippen LogP contribution in [0.2, 0.25) is 0 Å². The van der Waals surface area contributed by atoms with E-state index in [2.05, 4.69) is 22.4 Å². The molecular weight excluding hydrogens is 324 g/mol. The highest BCUT2D eigenvalue weighted by molar-refractivity contribution is 6.00. The van der Waals surface area contributed by atoms with Crippen molar-refractivity contribution < 1.29 is 4.79 Å². The number of carbonyl (C=O) groups excluding carboxylic acids is 1. The summed E-state index contributed by atoms with van der Waals surface area (Å²) in [5, 5.41) is 3.05. The lowest BCUT2D eigenvalue weighted by molar-refractivity contribution is -0.123. The molecule has 0 atom stereocenters. The number of hydrogen-bond donors (Lipinski definition) is 2. The van der Waals surface area contributed by atoms with Crippen molar-refractivity contribution in [3.05, 3.63) is 53.9 Å². The first-order chi connectivity index (χ1) is 12.2. The molecule has 2 N–H and O–H groups in total. The van der Waals surface area contributed by atoms with Crippen molar-refractivity contribution in [3.63, 3.8) is 0 Å². The Morgan fingerprint density at radius 3 is 2.46 bits per heavy atom. The van der Waals surface area contributed by atoms with E-state index in [-0.39, 0.29) is 5.91 Å². The number of benzene rings is 2. The van der Waals surface area contributed by atoms with Crippen LogP contribution in [-0.4, -0.2) is 30.0 Å². The zero-order valence-corrected chi connectivity index (χ0v) is 16.1. The molecule has 0 spiro atoms. The third-order valence-electron chi connectivity index (χ3n) is 4.27. The van der Waals surface area contributed by atoms with Gasteiger partial charge in [0.25, 0.3) is 0 Å². The maximum Gasteiger partial charge on any atom is 0.229 e. The number of fused-ring (bicyclic) bond motifs is 1. The molecule has 1 aromatic heterocycles. The van der Waals surface area contributed by atoms with Gasteiger partial charge in [-0.05, 0) is 17.7 Å². The van der Waals surface area contributed by atoms with Crippen LogP contribution in [0.4, 0.5) is 11.4 Å². The summed E-state index contributed by atoms with van der Waals surface area (Å²) in [4.78, 5) is 22.5. The quantitative estimate of drug-likeness (QED) is 0.741. The molecule has 2 aromatic carbocycles. The Labute approximate surface area is 154 Å². The fourth-order valence-corrected chi connectivity index (χ4v) is 2.75. The Hall–Kier alpha value is -2.82. The van der Waals surface area contributed by atoms with Gasteiger partial charge in [-0.2, -0.15) is 0 Å². The molecule has 0 aliphatic heterocycles. The van der Waals surface area contributed by atoms with Gasteiger partial charge in [-0.1, -0.05) is 51.1 Å². The number of hydrogen-bond acceptors (Lipinski definition) is 3. The van der Waals surface area contributed by atoms with Gasteiger partial charge >= 0.3 is 0 Å². The van der Waals surface area contributed by atoms with E-state index in [0.29, 0.717) is 0 Å². The lowest BCUT2D eigenvalue weighted by Gasteiger charge is -2.22. The minimum Gasteiger partial charge on any atom is -0.376 e. The summed E-state index contributed by atoms with van der Waals surface area (Å²) in [5.41, 5.74) is 4.30. The van der Waals surface area contributed by atoms with Crippen LogP contribution in [0.5, 0.6) is 0 Å². The van der Waals surface area contributed by atoms with E-state index in [9.17, 15) is 4.79 Å². The van der Waals surface area contributed by atoms with Gasteiger partial charge in [-0.25, -0.2) is 4.98 Å². The molecule has 5 heteroatoms. The first-order valence-electron chi connectivity index (χ1n) is 8.79. The molecule has 0 fully saturated rings. The molecule has 26 heavy (non-hydrogen) atoms. The molecule has 1 amide bonds. The van der Waals surface area contributed by atoms with Crippen molar-refractivity contribution in [1.29, 1.82) is 0 Å². The highest BCUT2D eigenvalue weighted by Crippen LogP contribution is 2.31. The monoisotopic (exact) mass is 350 g/mol. The van der Waals surface area contributed by atoms with Crippen LogP contribution in [0, 0.1) is 5.41 Å². The van der Waals surface area contributed by atoms with Crippen LogP contribution < -0.4 is 10.2 Å². The third kappa shape index (κ3) is 3.87. The number of H-pyrrole nitrogens is 1. The second kappa shape index (κ2) is 6.83. The van der Waals surface area contributed by atoms with Gasteiger partial charge in [-0.3, -0.25) is 4.79 Å². The molecule has 0 radical (unpaired) electrons. The van der Waals surface area contributed by atoms with Crippen molar-refractivity contribution in [2.24, 2.45) is 5.41 Å². The second-order valence-electron chi connectivity index (χ2n) is 7.83. The number of imidazole rings is 1. The van der Waals surface area contributed by atoms with E-state index in [1.807, 2.05) is 70.1 Å². The van der Waals surface area contributed by atoms with Crippen molar-refractivity contribution in [2.75, 3.05) is 24.3 Å². The van der Waals surface area contributed by atoms with Gasteiger partial charge in [0.15, 0.2) is 0 Å². The molecule has 0 aliphatic carbocycles. The molecule has 1 heterocycles. The van der Waals surface area contributed by atoms with E-state index >= 15 is 0 Å². The zero-order valence-electron chi connectivity index (χ0n) is 16.1. The number of amides is 1. The molecule has 136 valence electrons. The number of nitrogens with zero attached hydrogens (tertiary/aromatic N) is 2. The summed E-state index contributed by atoms with van der Waals surface area (Å²) < 4.78 is 0. The van der Waals surface area contributed by atoms with Crippen molar-refractivity contribution >= 4 is 28.3 Å². The van der Waals surface area contributed by atoms with Gasteiger partial charge in [0.05, 0.1) is 22.4 Å². The van der Waals surface area contributed by atoms with Crippen LogP contribution in [0.1, 0.15) is 32.2 Å². The summed E-state index contributed by atoms with van der Waals surface area (Å²) in [5.74, 6) is 0.902. The lowest BCUT2D eigenvalue weighted by atomic mass is 9.95. The molecule has 0 aliphatic rings. The van der Waals surface area contributed by atoms with Gasteiger partial charge in [0.2, 0.25) is 5.91 Å². The normalized spacial score (nSPS) is 11.6. The third-order valence-corrected chi connectivity index (χ3v) is 4.27. The molecule has 3 rings (SSSR count). The number of anilines is 2. The topological polar surface area (TPSA) is 61.0 Å². The standard InChI is InChI=1S/C21H26N4O/c1-21(2,3)20(26)24-17-12-15-16(13-18(17)25(4)5)23-19(22-15)11-14-9-7-6-8-10-14/h6-10,12-13H,11H2,1-5H3,(H,22,23)(H,24,26). The Bertz CT molecular complexity index is 920. The van der Waals surface area contributed by atoms with Crippen LogP contribution in [0.3, 0.4) is 0 Å².